The fraction of sp³-hybridized carbons (Fsp3) is 0. The van der Waals surface area contributed by atoms with Crippen molar-refractivity contribution in [3.8, 4) is 11.4 Å². The summed E-state index contributed by atoms with van der Waals surface area (Å²) in [5, 5.41) is 18.2. The van der Waals surface area contributed by atoms with Crippen molar-refractivity contribution >= 4 is 50.3 Å². The summed E-state index contributed by atoms with van der Waals surface area (Å²) in [6.07, 6.45) is 0. The van der Waals surface area contributed by atoms with Gasteiger partial charge in [0.25, 0.3) is 0 Å². The number of rotatable bonds is 3. The summed E-state index contributed by atoms with van der Waals surface area (Å²) in [6, 6.07) is 14.9. The third-order valence-electron chi connectivity index (χ3n) is 3.19. The third kappa shape index (κ3) is 2.88. The molecule has 2 aromatic carbocycles. The Balaban J connectivity index is 1.68. The van der Waals surface area contributed by atoms with E-state index >= 15 is 0 Å². The average molecular weight is 362 g/mol. The maximum absolute atomic E-state index is 5.92. The molecule has 0 aliphatic carbocycles. The van der Waals surface area contributed by atoms with E-state index in [0.717, 1.165) is 16.4 Å². The second-order valence-electron chi connectivity index (χ2n) is 4.76. The monoisotopic (exact) mass is 361 g/mol. The largest absolute Gasteiger partial charge is 0.330 e. The summed E-state index contributed by atoms with van der Waals surface area (Å²) in [4.78, 5) is 0.714. The molecule has 0 saturated carbocycles. The van der Waals surface area contributed by atoms with Gasteiger partial charge >= 0.3 is 0 Å². The molecule has 23 heavy (non-hydrogen) atoms. The molecule has 0 radical (unpaired) electrons. The molecule has 4 aromatic rings. The van der Waals surface area contributed by atoms with Gasteiger partial charge in [0.2, 0.25) is 10.1 Å². The van der Waals surface area contributed by atoms with E-state index in [1.54, 1.807) is 4.52 Å². The molecule has 0 atom stereocenters. The van der Waals surface area contributed by atoms with Gasteiger partial charge in [-0.05, 0) is 48.5 Å². The molecular formula is C15H9Cl2N5S. The van der Waals surface area contributed by atoms with E-state index < -0.39 is 0 Å². The van der Waals surface area contributed by atoms with Crippen molar-refractivity contribution in [1.82, 2.24) is 19.8 Å². The molecule has 0 aliphatic heterocycles. The summed E-state index contributed by atoms with van der Waals surface area (Å²) in [6.45, 7) is 0. The zero-order valence-corrected chi connectivity index (χ0v) is 13.9. The summed E-state index contributed by atoms with van der Waals surface area (Å²) < 4.78 is 1.71. The van der Waals surface area contributed by atoms with Crippen LogP contribution in [-0.2, 0) is 0 Å². The number of aromatic nitrogens is 4. The van der Waals surface area contributed by atoms with Crippen LogP contribution in [0.15, 0.2) is 48.5 Å². The fourth-order valence-corrected chi connectivity index (χ4v) is 3.11. The summed E-state index contributed by atoms with van der Waals surface area (Å²) in [5.41, 5.74) is 1.82. The molecule has 0 aliphatic rings. The van der Waals surface area contributed by atoms with Gasteiger partial charge in [0, 0.05) is 21.3 Å². The van der Waals surface area contributed by atoms with Crippen molar-refractivity contribution < 1.29 is 0 Å². The average Bonchev–Trinajstić information content (AvgIpc) is 3.11. The number of nitrogens with one attached hydrogen (secondary N) is 1. The first-order valence-corrected chi connectivity index (χ1v) is 8.27. The predicted molar refractivity (Wildman–Crippen MR) is 93.8 cm³/mol. The SMILES string of the molecule is Clc1ccc(Nc2nn3c(-c4ccc(Cl)cc4)nnc3s2)cc1. The molecule has 0 saturated heterocycles. The fourth-order valence-electron chi connectivity index (χ4n) is 2.10. The number of hydrogen-bond donors (Lipinski definition) is 1. The Morgan fingerprint density at radius 1 is 0.870 bits per heavy atom. The minimum absolute atomic E-state index is 0.678. The first kappa shape index (κ1) is 14.4. The maximum atomic E-state index is 5.92. The minimum Gasteiger partial charge on any atom is -0.330 e. The number of nitrogens with zero attached hydrogens (tertiary/aromatic N) is 4. The highest BCUT2D eigenvalue weighted by Gasteiger charge is 2.13. The quantitative estimate of drug-likeness (QED) is 0.563. The Morgan fingerprint density at radius 2 is 1.52 bits per heavy atom. The number of hydrogen-bond acceptors (Lipinski definition) is 5. The normalized spacial score (nSPS) is 11.0. The highest BCUT2D eigenvalue weighted by atomic mass is 35.5. The molecule has 5 nitrogen and oxygen atoms in total. The Labute approximate surface area is 145 Å². The standard InChI is InChI=1S/C15H9Cl2N5S/c16-10-3-1-9(2-4-10)13-19-20-15-22(13)21-14(23-15)18-12-7-5-11(17)6-8-12/h1-8H,(H,18,21). The maximum Gasteiger partial charge on any atom is 0.236 e. The lowest BCUT2D eigenvalue weighted by Gasteiger charge is -2.01. The molecule has 1 N–H and O–H groups in total. The number of fused-ring (bicyclic) bond motifs is 1. The molecule has 0 amide bonds. The van der Waals surface area contributed by atoms with Crippen molar-refractivity contribution in [1.29, 1.82) is 0 Å². The molecule has 4 rings (SSSR count). The van der Waals surface area contributed by atoms with E-state index in [0.29, 0.717) is 20.8 Å². The van der Waals surface area contributed by atoms with Crippen LogP contribution in [0.5, 0.6) is 0 Å². The van der Waals surface area contributed by atoms with E-state index in [4.69, 9.17) is 23.2 Å². The lowest BCUT2D eigenvalue weighted by molar-refractivity contribution is 0.970. The predicted octanol–water partition coefficient (Wildman–Crippen LogP) is 4.90. The Morgan fingerprint density at radius 3 is 2.22 bits per heavy atom. The van der Waals surface area contributed by atoms with Crippen LogP contribution >= 0.6 is 34.5 Å². The van der Waals surface area contributed by atoms with Gasteiger partial charge in [0.15, 0.2) is 5.82 Å². The Hall–Kier alpha value is -2.15. The molecule has 2 aromatic heterocycles. The van der Waals surface area contributed by atoms with Crippen molar-refractivity contribution in [2.45, 2.75) is 0 Å². The molecule has 114 valence electrons. The van der Waals surface area contributed by atoms with Gasteiger partial charge in [0.05, 0.1) is 0 Å². The molecule has 8 heteroatoms. The molecular weight excluding hydrogens is 353 g/mol. The highest BCUT2D eigenvalue weighted by Crippen LogP contribution is 2.27. The van der Waals surface area contributed by atoms with E-state index in [1.807, 2.05) is 48.5 Å². The minimum atomic E-state index is 0.678. The molecule has 0 bridgehead atoms. The van der Waals surface area contributed by atoms with Gasteiger partial charge < -0.3 is 5.32 Å². The van der Waals surface area contributed by atoms with Crippen LogP contribution in [0.3, 0.4) is 0 Å². The van der Waals surface area contributed by atoms with Crippen molar-refractivity contribution in [3.05, 3.63) is 58.6 Å². The molecule has 0 unspecified atom stereocenters. The van der Waals surface area contributed by atoms with Crippen LogP contribution in [0.2, 0.25) is 10.0 Å². The summed E-state index contributed by atoms with van der Waals surface area (Å²) in [7, 11) is 0. The van der Waals surface area contributed by atoms with E-state index in [-0.39, 0.29) is 0 Å². The number of halogens is 2. The number of benzene rings is 2. The topological polar surface area (TPSA) is 55.1 Å². The van der Waals surface area contributed by atoms with Crippen LogP contribution in [0.25, 0.3) is 16.3 Å². The van der Waals surface area contributed by atoms with Crippen LogP contribution < -0.4 is 5.32 Å². The smallest absolute Gasteiger partial charge is 0.236 e. The Bertz CT molecular complexity index is 960. The zero-order valence-electron chi connectivity index (χ0n) is 11.6. The van der Waals surface area contributed by atoms with Crippen LogP contribution in [0, 0.1) is 0 Å². The van der Waals surface area contributed by atoms with Gasteiger partial charge in [-0.2, -0.15) is 4.52 Å². The molecule has 2 heterocycles. The first-order chi connectivity index (χ1) is 11.2. The van der Waals surface area contributed by atoms with Crippen LogP contribution in [0.4, 0.5) is 10.8 Å². The van der Waals surface area contributed by atoms with Gasteiger partial charge in [-0.25, -0.2) is 0 Å². The van der Waals surface area contributed by atoms with Gasteiger partial charge in [-0.15, -0.1) is 15.3 Å². The highest BCUT2D eigenvalue weighted by molar-refractivity contribution is 7.20. The van der Waals surface area contributed by atoms with E-state index in [9.17, 15) is 0 Å². The summed E-state index contributed by atoms with van der Waals surface area (Å²) in [5.74, 6) is 0.678. The summed E-state index contributed by atoms with van der Waals surface area (Å²) >= 11 is 13.2. The molecule has 0 fully saturated rings. The van der Waals surface area contributed by atoms with E-state index in [1.165, 1.54) is 11.3 Å². The first-order valence-electron chi connectivity index (χ1n) is 6.70. The van der Waals surface area contributed by atoms with Crippen molar-refractivity contribution in [2.75, 3.05) is 5.32 Å². The van der Waals surface area contributed by atoms with Crippen molar-refractivity contribution in [3.63, 3.8) is 0 Å². The van der Waals surface area contributed by atoms with Gasteiger partial charge in [-0.1, -0.05) is 34.5 Å². The van der Waals surface area contributed by atoms with Crippen LogP contribution in [-0.4, -0.2) is 19.8 Å². The Kier molecular flexibility index (Phi) is 3.65. The second kappa shape index (κ2) is 5.81. The van der Waals surface area contributed by atoms with Gasteiger partial charge in [0.1, 0.15) is 0 Å². The van der Waals surface area contributed by atoms with E-state index in [2.05, 4.69) is 20.6 Å². The van der Waals surface area contributed by atoms with Crippen molar-refractivity contribution in [2.24, 2.45) is 0 Å². The lowest BCUT2D eigenvalue weighted by atomic mass is 10.2. The second-order valence-corrected chi connectivity index (χ2v) is 6.59. The van der Waals surface area contributed by atoms with Gasteiger partial charge in [-0.3, -0.25) is 0 Å². The van der Waals surface area contributed by atoms with Crippen LogP contribution in [0.1, 0.15) is 0 Å². The third-order valence-corrected chi connectivity index (χ3v) is 4.51. The zero-order chi connectivity index (χ0) is 15.8. The number of anilines is 2. The lowest BCUT2D eigenvalue weighted by Crippen LogP contribution is -1.93. The molecule has 0 spiro atoms.